The Labute approximate surface area is 136 Å². The number of aromatic nitrogens is 2. The summed E-state index contributed by atoms with van der Waals surface area (Å²) in [5.41, 5.74) is 3.23. The van der Waals surface area contributed by atoms with Gasteiger partial charge in [0, 0.05) is 10.4 Å². The number of fused-ring (bicyclic) bond motifs is 1. The van der Waals surface area contributed by atoms with Gasteiger partial charge in [-0.25, -0.2) is 4.98 Å². The second-order valence-corrected chi connectivity index (χ2v) is 6.55. The number of benzene rings is 1. The van der Waals surface area contributed by atoms with Crippen LogP contribution in [0.2, 0.25) is 10.0 Å². The Morgan fingerprint density at radius 1 is 1.33 bits per heavy atom. The summed E-state index contributed by atoms with van der Waals surface area (Å²) in [4.78, 5) is 17.9. The van der Waals surface area contributed by atoms with E-state index in [1.165, 1.54) is 4.88 Å². The number of halogens is 2. The molecule has 0 saturated carbocycles. The molecular weight excluding hydrogens is 327 g/mol. The number of carbonyl (C=O) groups is 1. The fourth-order valence-corrected chi connectivity index (χ4v) is 3.83. The van der Waals surface area contributed by atoms with Crippen molar-refractivity contribution in [3.8, 4) is 11.3 Å². The van der Waals surface area contributed by atoms with Crippen molar-refractivity contribution in [1.82, 2.24) is 9.38 Å². The van der Waals surface area contributed by atoms with Gasteiger partial charge in [0.1, 0.15) is 5.69 Å². The van der Waals surface area contributed by atoms with Crippen LogP contribution in [-0.4, -0.2) is 15.7 Å². The van der Waals surface area contributed by atoms with Crippen molar-refractivity contribution in [2.24, 2.45) is 0 Å². The van der Waals surface area contributed by atoms with Gasteiger partial charge >= 0.3 is 0 Å². The van der Waals surface area contributed by atoms with Crippen LogP contribution in [0.5, 0.6) is 0 Å². The minimum atomic E-state index is 0.500. The number of aldehydes is 1. The zero-order valence-electron chi connectivity index (χ0n) is 11.5. The number of hydrogen-bond acceptors (Lipinski definition) is 3. The second-order valence-electron chi connectivity index (χ2n) is 4.67. The molecule has 0 unspecified atom stereocenters. The third-order valence-corrected chi connectivity index (χ3v) is 5.32. The van der Waals surface area contributed by atoms with E-state index < -0.39 is 0 Å². The highest BCUT2D eigenvalue weighted by Gasteiger charge is 2.19. The van der Waals surface area contributed by atoms with Crippen LogP contribution in [0.1, 0.15) is 28.0 Å². The summed E-state index contributed by atoms with van der Waals surface area (Å²) in [6.07, 6.45) is 1.71. The Morgan fingerprint density at radius 3 is 2.71 bits per heavy atom. The normalized spacial score (nSPS) is 11.2. The van der Waals surface area contributed by atoms with Crippen LogP contribution in [0, 0.1) is 6.92 Å². The highest BCUT2D eigenvalue weighted by Crippen LogP contribution is 2.36. The van der Waals surface area contributed by atoms with Gasteiger partial charge in [-0.1, -0.05) is 36.2 Å². The third kappa shape index (κ3) is 2.27. The maximum Gasteiger partial charge on any atom is 0.195 e. The summed E-state index contributed by atoms with van der Waals surface area (Å²) in [6, 6.07) is 5.51. The molecule has 0 aliphatic rings. The number of aryl methyl sites for hydroxylation is 2. The smallest absolute Gasteiger partial charge is 0.195 e. The Hall–Kier alpha value is -1.36. The van der Waals surface area contributed by atoms with Gasteiger partial charge in [-0.3, -0.25) is 9.20 Å². The fourth-order valence-electron chi connectivity index (χ4n) is 2.39. The van der Waals surface area contributed by atoms with Crippen molar-refractivity contribution in [1.29, 1.82) is 0 Å². The van der Waals surface area contributed by atoms with Gasteiger partial charge in [-0.2, -0.15) is 0 Å². The van der Waals surface area contributed by atoms with Gasteiger partial charge in [-0.05, 0) is 25.5 Å². The Balaban J connectivity index is 2.38. The molecule has 2 heterocycles. The molecule has 0 amide bonds. The van der Waals surface area contributed by atoms with E-state index in [9.17, 15) is 4.79 Å². The van der Waals surface area contributed by atoms with Gasteiger partial charge in [-0.15, -0.1) is 11.3 Å². The van der Waals surface area contributed by atoms with Crippen molar-refractivity contribution < 1.29 is 4.79 Å². The predicted molar refractivity (Wildman–Crippen MR) is 88.0 cm³/mol. The van der Waals surface area contributed by atoms with Crippen LogP contribution in [-0.2, 0) is 6.42 Å². The number of carbonyl (C=O) groups excluding carboxylic acids is 1. The highest BCUT2D eigenvalue weighted by molar-refractivity contribution is 7.17. The van der Waals surface area contributed by atoms with Crippen LogP contribution in [0.15, 0.2) is 18.2 Å². The molecule has 6 heteroatoms. The lowest BCUT2D eigenvalue weighted by Gasteiger charge is -2.06. The van der Waals surface area contributed by atoms with Crippen LogP contribution in [0.3, 0.4) is 0 Å². The number of imidazole rings is 1. The molecule has 0 aliphatic carbocycles. The Kier molecular flexibility index (Phi) is 3.78. The zero-order chi connectivity index (χ0) is 15.1. The van der Waals surface area contributed by atoms with Crippen LogP contribution in [0.25, 0.3) is 16.2 Å². The van der Waals surface area contributed by atoms with Gasteiger partial charge in [0.25, 0.3) is 0 Å². The molecule has 0 atom stereocenters. The SMILES string of the molecule is CCc1sc2nc(C)c(C=O)n2c1-c1ccc(Cl)c(Cl)c1. The molecule has 3 rings (SSSR count). The highest BCUT2D eigenvalue weighted by atomic mass is 35.5. The fraction of sp³-hybridized carbons (Fsp3) is 0.200. The lowest BCUT2D eigenvalue weighted by molar-refractivity contribution is 0.111. The summed E-state index contributed by atoms with van der Waals surface area (Å²) in [7, 11) is 0. The van der Waals surface area contributed by atoms with E-state index in [1.54, 1.807) is 17.4 Å². The standard InChI is InChI=1S/C15H12Cl2N2OS/c1-3-13-14(9-4-5-10(16)11(17)6-9)19-12(7-20)8(2)18-15(19)21-13/h4-7H,3H2,1-2H3. The molecular formula is C15H12Cl2N2OS. The lowest BCUT2D eigenvalue weighted by Crippen LogP contribution is -1.96. The Bertz CT molecular complexity index is 851. The molecule has 3 nitrogen and oxygen atoms in total. The van der Waals surface area contributed by atoms with Crippen LogP contribution >= 0.6 is 34.5 Å². The van der Waals surface area contributed by atoms with E-state index in [-0.39, 0.29) is 0 Å². The van der Waals surface area contributed by atoms with E-state index in [0.717, 1.165) is 34.6 Å². The topological polar surface area (TPSA) is 34.4 Å². The lowest BCUT2D eigenvalue weighted by atomic mass is 10.1. The summed E-state index contributed by atoms with van der Waals surface area (Å²) in [6.45, 7) is 3.92. The van der Waals surface area contributed by atoms with Gasteiger partial charge < -0.3 is 0 Å². The van der Waals surface area contributed by atoms with Crippen molar-refractivity contribution in [3.63, 3.8) is 0 Å². The Morgan fingerprint density at radius 2 is 2.10 bits per heavy atom. The molecule has 108 valence electrons. The molecule has 0 spiro atoms. The molecule has 1 aromatic carbocycles. The van der Waals surface area contributed by atoms with Crippen molar-refractivity contribution in [2.45, 2.75) is 20.3 Å². The second kappa shape index (κ2) is 5.44. The van der Waals surface area contributed by atoms with E-state index in [0.29, 0.717) is 15.7 Å². The summed E-state index contributed by atoms with van der Waals surface area (Å²) >= 11 is 13.7. The molecule has 0 saturated heterocycles. The van der Waals surface area contributed by atoms with E-state index in [4.69, 9.17) is 23.2 Å². The van der Waals surface area contributed by atoms with E-state index in [2.05, 4.69) is 11.9 Å². The predicted octanol–water partition coefficient (Wildman–Crippen LogP) is 5.05. The molecule has 0 radical (unpaired) electrons. The van der Waals surface area contributed by atoms with E-state index in [1.807, 2.05) is 23.5 Å². The maximum atomic E-state index is 11.4. The first-order chi connectivity index (χ1) is 10.1. The first kappa shape index (κ1) is 14.6. The van der Waals surface area contributed by atoms with Gasteiger partial charge in [0.05, 0.1) is 21.4 Å². The minimum Gasteiger partial charge on any atom is -0.296 e. The molecule has 0 N–H and O–H groups in total. The quantitative estimate of drug-likeness (QED) is 0.626. The van der Waals surface area contributed by atoms with Gasteiger partial charge in [0.15, 0.2) is 11.2 Å². The first-order valence-corrected chi connectivity index (χ1v) is 8.05. The minimum absolute atomic E-state index is 0.500. The van der Waals surface area contributed by atoms with Crippen molar-refractivity contribution >= 4 is 45.8 Å². The van der Waals surface area contributed by atoms with Crippen LogP contribution < -0.4 is 0 Å². The molecule has 3 aromatic rings. The van der Waals surface area contributed by atoms with Crippen molar-refractivity contribution in [3.05, 3.63) is 44.5 Å². The average Bonchev–Trinajstić information content (AvgIpc) is 2.95. The molecule has 0 aliphatic heterocycles. The largest absolute Gasteiger partial charge is 0.296 e. The number of rotatable bonds is 3. The summed E-state index contributed by atoms with van der Waals surface area (Å²) in [5, 5.41) is 1.02. The first-order valence-electron chi connectivity index (χ1n) is 6.48. The van der Waals surface area contributed by atoms with Gasteiger partial charge in [0.2, 0.25) is 0 Å². The molecule has 0 bridgehead atoms. The molecule has 21 heavy (non-hydrogen) atoms. The van der Waals surface area contributed by atoms with E-state index >= 15 is 0 Å². The number of hydrogen-bond donors (Lipinski definition) is 0. The maximum absolute atomic E-state index is 11.4. The monoisotopic (exact) mass is 338 g/mol. The number of nitrogens with zero attached hydrogens (tertiary/aromatic N) is 2. The number of thiazole rings is 1. The zero-order valence-corrected chi connectivity index (χ0v) is 13.8. The molecule has 2 aromatic heterocycles. The van der Waals surface area contributed by atoms with Crippen LogP contribution in [0.4, 0.5) is 0 Å². The average molecular weight is 339 g/mol. The third-order valence-electron chi connectivity index (χ3n) is 3.39. The summed E-state index contributed by atoms with van der Waals surface area (Å²) in [5.74, 6) is 0. The van der Waals surface area contributed by atoms with Crippen molar-refractivity contribution in [2.75, 3.05) is 0 Å². The molecule has 0 fully saturated rings. The summed E-state index contributed by atoms with van der Waals surface area (Å²) < 4.78 is 1.91.